The van der Waals surface area contributed by atoms with Crippen LogP contribution in [0.2, 0.25) is 0 Å². The van der Waals surface area contributed by atoms with Crippen LogP contribution in [-0.4, -0.2) is 67.3 Å². The smallest absolute Gasteiger partial charge is 0.157 e. The van der Waals surface area contributed by atoms with E-state index in [1.165, 1.54) is 0 Å². The third-order valence-electron chi connectivity index (χ3n) is 9.90. The van der Waals surface area contributed by atoms with E-state index in [0.717, 1.165) is 19.3 Å². The van der Waals surface area contributed by atoms with Gasteiger partial charge < -0.3 is 29.2 Å². The SMILES string of the molecule is CO[C@@H]1C[C@H]2[C@]3(C)OC[C@@]24[C@H]([C@H](O)[C@@H]3O)[C@@]2(C)[C@H](OC)CC[C@@H](C)[C@@H]2C[C@H]4O1. The highest BCUT2D eigenvalue weighted by atomic mass is 16.7. The number of aliphatic hydroxyl groups excluding tert-OH is 2. The molecule has 5 aliphatic rings. The zero-order valence-corrected chi connectivity index (χ0v) is 17.8. The Kier molecular flexibility index (Phi) is 4.32. The van der Waals surface area contributed by atoms with Crippen molar-refractivity contribution >= 4 is 0 Å². The molecule has 5 fully saturated rings. The van der Waals surface area contributed by atoms with Gasteiger partial charge in [0.2, 0.25) is 0 Å². The first-order valence-corrected chi connectivity index (χ1v) is 11.0. The molecule has 2 N–H and O–H groups in total. The molecule has 6 nitrogen and oxygen atoms in total. The lowest BCUT2D eigenvalue weighted by Crippen LogP contribution is -2.76. The molecule has 6 heteroatoms. The predicted molar refractivity (Wildman–Crippen MR) is 101 cm³/mol. The van der Waals surface area contributed by atoms with E-state index in [2.05, 4.69) is 13.8 Å². The molecule has 28 heavy (non-hydrogen) atoms. The number of hydrogen-bond acceptors (Lipinski definition) is 6. The van der Waals surface area contributed by atoms with Crippen LogP contribution in [0.15, 0.2) is 0 Å². The Bertz CT molecular complexity index is 643. The van der Waals surface area contributed by atoms with Crippen molar-refractivity contribution in [1.29, 1.82) is 0 Å². The average molecular weight is 397 g/mol. The van der Waals surface area contributed by atoms with Crippen LogP contribution in [0.1, 0.15) is 46.5 Å². The van der Waals surface area contributed by atoms with Gasteiger partial charge in [0, 0.05) is 43.3 Å². The molecule has 0 aromatic rings. The fourth-order valence-electron chi connectivity index (χ4n) is 8.65. The number of rotatable bonds is 2. The molecule has 3 saturated carbocycles. The van der Waals surface area contributed by atoms with Gasteiger partial charge >= 0.3 is 0 Å². The van der Waals surface area contributed by atoms with E-state index in [1.807, 2.05) is 6.92 Å². The van der Waals surface area contributed by atoms with E-state index in [1.54, 1.807) is 14.2 Å². The highest BCUT2D eigenvalue weighted by molar-refractivity contribution is 5.26. The number of fused-ring (bicyclic) bond motifs is 2. The van der Waals surface area contributed by atoms with Gasteiger partial charge in [-0.15, -0.1) is 0 Å². The molecule has 160 valence electrons. The Morgan fingerprint density at radius 1 is 1.04 bits per heavy atom. The van der Waals surface area contributed by atoms with E-state index in [0.29, 0.717) is 24.9 Å². The maximum atomic E-state index is 11.5. The summed E-state index contributed by atoms with van der Waals surface area (Å²) in [6.45, 7) is 7.12. The molecule has 2 saturated heterocycles. The first-order chi connectivity index (χ1) is 13.2. The lowest BCUT2D eigenvalue weighted by atomic mass is 9.37. The van der Waals surface area contributed by atoms with Gasteiger partial charge in [-0.05, 0) is 38.0 Å². The van der Waals surface area contributed by atoms with E-state index >= 15 is 0 Å². The number of ether oxygens (including phenoxy) is 4. The lowest BCUT2D eigenvalue weighted by Gasteiger charge is -2.70. The Morgan fingerprint density at radius 2 is 1.79 bits per heavy atom. The first-order valence-electron chi connectivity index (χ1n) is 11.0. The van der Waals surface area contributed by atoms with Crippen molar-refractivity contribution in [2.24, 2.45) is 34.5 Å². The molecule has 2 heterocycles. The van der Waals surface area contributed by atoms with Crippen LogP contribution in [0, 0.1) is 34.5 Å². The summed E-state index contributed by atoms with van der Waals surface area (Å²) in [5, 5.41) is 22.8. The van der Waals surface area contributed by atoms with Crippen LogP contribution in [-0.2, 0) is 18.9 Å². The molecular weight excluding hydrogens is 360 g/mol. The summed E-state index contributed by atoms with van der Waals surface area (Å²) >= 11 is 0. The van der Waals surface area contributed by atoms with Crippen LogP contribution < -0.4 is 0 Å². The second kappa shape index (κ2) is 6.14. The fraction of sp³-hybridized carbons (Fsp3) is 1.00. The van der Waals surface area contributed by atoms with Crippen molar-refractivity contribution in [2.45, 2.75) is 82.8 Å². The molecule has 5 rings (SSSR count). The van der Waals surface area contributed by atoms with Crippen molar-refractivity contribution in [1.82, 2.24) is 0 Å². The zero-order valence-electron chi connectivity index (χ0n) is 17.8. The van der Waals surface area contributed by atoms with Gasteiger partial charge in [-0.3, -0.25) is 0 Å². The second-order valence-electron chi connectivity index (χ2n) is 10.6. The van der Waals surface area contributed by atoms with Gasteiger partial charge in [0.05, 0.1) is 30.5 Å². The maximum absolute atomic E-state index is 11.5. The van der Waals surface area contributed by atoms with Gasteiger partial charge in [0.15, 0.2) is 6.29 Å². The van der Waals surface area contributed by atoms with Crippen LogP contribution in [0.25, 0.3) is 0 Å². The lowest BCUT2D eigenvalue weighted by molar-refractivity contribution is -0.340. The second-order valence-corrected chi connectivity index (χ2v) is 10.6. The summed E-state index contributed by atoms with van der Waals surface area (Å²) in [6, 6.07) is 0. The average Bonchev–Trinajstić information content (AvgIpc) is 2.93. The Morgan fingerprint density at radius 3 is 2.46 bits per heavy atom. The van der Waals surface area contributed by atoms with Crippen molar-refractivity contribution in [3.8, 4) is 0 Å². The molecule has 12 atom stereocenters. The summed E-state index contributed by atoms with van der Waals surface area (Å²) in [4.78, 5) is 0. The van der Waals surface area contributed by atoms with Gasteiger partial charge in [0.1, 0.15) is 6.10 Å². The summed E-state index contributed by atoms with van der Waals surface area (Å²) in [6.07, 6.45) is 1.75. The van der Waals surface area contributed by atoms with Crippen LogP contribution in [0.3, 0.4) is 0 Å². The van der Waals surface area contributed by atoms with Crippen molar-refractivity contribution in [3.63, 3.8) is 0 Å². The van der Waals surface area contributed by atoms with E-state index in [4.69, 9.17) is 18.9 Å². The highest BCUT2D eigenvalue weighted by Gasteiger charge is 2.79. The first kappa shape index (κ1) is 19.7. The predicted octanol–water partition coefficient (Wildman–Crippen LogP) is 1.96. The summed E-state index contributed by atoms with van der Waals surface area (Å²) in [7, 11) is 3.49. The summed E-state index contributed by atoms with van der Waals surface area (Å²) in [5.41, 5.74) is -1.29. The van der Waals surface area contributed by atoms with Gasteiger partial charge in [0.25, 0.3) is 0 Å². The molecular formula is C22H36O6. The fourth-order valence-corrected chi connectivity index (χ4v) is 8.65. The molecule has 0 aromatic carbocycles. The summed E-state index contributed by atoms with van der Waals surface area (Å²) in [5.74, 6) is 0.873. The Balaban J connectivity index is 1.70. The normalized spacial score (nSPS) is 62.9. The minimum Gasteiger partial charge on any atom is -0.390 e. The number of hydrogen-bond donors (Lipinski definition) is 2. The van der Waals surface area contributed by atoms with Crippen LogP contribution in [0.5, 0.6) is 0 Å². The molecule has 2 aliphatic heterocycles. The largest absolute Gasteiger partial charge is 0.390 e. The highest BCUT2D eigenvalue weighted by Crippen LogP contribution is 2.73. The van der Waals surface area contributed by atoms with E-state index in [-0.39, 0.29) is 41.2 Å². The summed E-state index contributed by atoms with van der Waals surface area (Å²) < 4.78 is 24.5. The van der Waals surface area contributed by atoms with Crippen LogP contribution >= 0.6 is 0 Å². The quantitative estimate of drug-likeness (QED) is 0.743. The van der Waals surface area contributed by atoms with E-state index in [9.17, 15) is 10.2 Å². The number of methoxy groups -OCH3 is 2. The maximum Gasteiger partial charge on any atom is 0.157 e. The van der Waals surface area contributed by atoms with Gasteiger partial charge in [-0.25, -0.2) is 0 Å². The standard InChI is InChI=1S/C22H36O6/c1-11-6-7-14(25-4)20(2)12(11)8-15-22-10-27-21(3,19(24)17(23)18(20)22)13(22)9-16(26-5)28-15/h11-19,23-24H,6-10H2,1-5H3/t11-,12+,13+,14-,15-,16+,17+,18-,19+,20-,21+,22-/m1/s1. The third kappa shape index (κ3) is 2.05. The molecule has 0 aromatic heterocycles. The van der Waals surface area contributed by atoms with Crippen molar-refractivity contribution in [3.05, 3.63) is 0 Å². The van der Waals surface area contributed by atoms with Crippen molar-refractivity contribution < 1.29 is 29.2 Å². The van der Waals surface area contributed by atoms with Crippen molar-refractivity contribution in [2.75, 3.05) is 20.8 Å². The molecule has 0 unspecified atom stereocenters. The van der Waals surface area contributed by atoms with E-state index < -0.39 is 17.8 Å². The molecule has 3 aliphatic carbocycles. The third-order valence-corrected chi connectivity index (χ3v) is 9.90. The minimum absolute atomic E-state index is 0.0266. The van der Waals surface area contributed by atoms with Gasteiger partial charge in [-0.2, -0.15) is 0 Å². The molecule has 1 spiro atoms. The van der Waals surface area contributed by atoms with Crippen LogP contribution in [0.4, 0.5) is 0 Å². The molecule has 2 bridgehead atoms. The Labute approximate surface area is 167 Å². The molecule has 0 amide bonds. The Hall–Kier alpha value is -0.240. The minimum atomic E-state index is -0.917. The van der Waals surface area contributed by atoms with Gasteiger partial charge in [-0.1, -0.05) is 13.8 Å². The zero-order chi connectivity index (χ0) is 20.1. The monoisotopic (exact) mass is 396 g/mol. The topological polar surface area (TPSA) is 77.4 Å². The molecule has 0 radical (unpaired) electrons. The number of aliphatic hydroxyl groups is 2.